The molecule has 29 heavy (non-hydrogen) atoms. The Morgan fingerprint density at radius 1 is 1.31 bits per heavy atom. The number of hydrogen-bond acceptors (Lipinski definition) is 7. The maximum Gasteiger partial charge on any atom is 0.243 e. The number of nitrogens with zero attached hydrogens (tertiary/aromatic N) is 4. The Balaban J connectivity index is 1.43. The van der Waals surface area contributed by atoms with Crippen molar-refractivity contribution in [3.05, 3.63) is 29.5 Å². The number of anilines is 1. The first-order chi connectivity index (χ1) is 13.9. The highest BCUT2D eigenvalue weighted by Gasteiger charge is 2.28. The van der Waals surface area contributed by atoms with Crippen LogP contribution in [-0.2, 0) is 19.6 Å². The van der Waals surface area contributed by atoms with Gasteiger partial charge in [0.1, 0.15) is 6.33 Å². The van der Waals surface area contributed by atoms with E-state index in [1.807, 2.05) is 4.57 Å². The molecule has 0 atom stereocenters. The number of carbonyl (C=O) groups excluding carboxylic acids is 1. The van der Waals surface area contributed by atoms with Crippen molar-refractivity contribution in [2.24, 2.45) is 0 Å². The molecule has 1 aromatic carbocycles. The van der Waals surface area contributed by atoms with E-state index in [-0.39, 0.29) is 27.3 Å². The SMILES string of the molecule is O=C(CSc1nncn1C1CC1)Nc1cc(S(=O)(=O)N2CCOCC2)ccc1Cl. The van der Waals surface area contributed by atoms with Gasteiger partial charge in [-0.3, -0.25) is 4.79 Å². The second kappa shape index (κ2) is 8.60. The van der Waals surface area contributed by atoms with Crippen LogP contribution in [0.2, 0.25) is 5.02 Å². The molecule has 156 valence electrons. The molecule has 0 unspecified atom stereocenters. The molecule has 2 fully saturated rings. The summed E-state index contributed by atoms with van der Waals surface area (Å²) in [4.78, 5) is 12.5. The highest BCUT2D eigenvalue weighted by molar-refractivity contribution is 7.99. The zero-order valence-electron chi connectivity index (χ0n) is 15.5. The summed E-state index contributed by atoms with van der Waals surface area (Å²) in [6, 6.07) is 4.73. The molecule has 0 spiro atoms. The first-order valence-electron chi connectivity index (χ1n) is 9.15. The van der Waals surface area contributed by atoms with Gasteiger partial charge in [0.2, 0.25) is 15.9 Å². The van der Waals surface area contributed by atoms with Crippen LogP contribution < -0.4 is 5.32 Å². The molecule has 1 amide bonds. The van der Waals surface area contributed by atoms with Crippen molar-refractivity contribution < 1.29 is 17.9 Å². The number of nitrogens with one attached hydrogen (secondary N) is 1. The summed E-state index contributed by atoms with van der Waals surface area (Å²) in [6.45, 7) is 1.31. The average molecular weight is 458 g/mol. The minimum absolute atomic E-state index is 0.0835. The van der Waals surface area contributed by atoms with E-state index in [0.717, 1.165) is 12.8 Å². The lowest BCUT2D eigenvalue weighted by Crippen LogP contribution is -2.40. The molecule has 9 nitrogen and oxygen atoms in total. The minimum atomic E-state index is -3.68. The summed E-state index contributed by atoms with van der Waals surface area (Å²) in [6.07, 6.45) is 3.87. The lowest BCUT2D eigenvalue weighted by atomic mass is 10.3. The normalized spacial score (nSPS) is 18.0. The van der Waals surface area contributed by atoms with Crippen molar-refractivity contribution in [3.63, 3.8) is 0 Å². The second-order valence-corrected chi connectivity index (χ2v) is 10.0. The van der Waals surface area contributed by atoms with Crippen LogP contribution in [0, 0.1) is 0 Å². The number of aromatic nitrogens is 3. The summed E-state index contributed by atoms with van der Waals surface area (Å²) in [5.74, 6) is -0.189. The number of hydrogen-bond donors (Lipinski definition) is 1. The molecule has 2 aliphatic rings. The highest BCUT2D eigenvalue weighted by Crippen LogP contribution is 2.37. The average Bonchev–Trinajstić information content (AvgIpc) is 3.46. The summed E-state index contributed by atoms with van der Waals surface area (Å²) in [5, 5.41) is 11.6. The van der Waals surface area contributed by atoms with Gasteiger partial charge in [0.25, 0.3) is 0 Å². The Labute approximate surface area is 177 Å². The van der Waals surface area contributed by atoms with E-state index in [9.17, 15) is 13.2 Å². The van der Waals surface area contributed by atoms with E-state index in [4.69, 9.17) is 16.3 Å². The van der Waals surface area contributed by atoms with Crippen molar-refractivity contribution >= 4 is 45.0 Å². The van der Waals surface area contributed by atoms with Gasteiger partial charge in [-0.15, -0.1) is 10.2 Å². The summed E-state index contributed by atoms with van der Waals surface area (Å²) in [7, 11) is -3.68. The van der Waals surface area contributed by atoms with Crippen molar-refractivity contribution in [2.45, 2.75) is 28.9 Å². The first kappa shape index (κ1) is 20.6. The maximum absolute atomic E-state index is 12.8. The third kappa shape index (κ3) is 4.75. The number of ether oxygens (including phenoxy) is 1. The van der Waals surface area contributed by atoms with E-state index in [1.54, 1.807) is 6.33 Å². The fraction of sp³-hybridized carbons (Fsp3) is 0.471. The Bertz CT molecular complexity index is 1000. The number of halogens is 1. The van der Waals surface area contributed by atoms with Crippen LogP contribution in [0.15, 0.2) is 34.6 Å². The predicted molar refractivity (Wildman–Crippen MR) is 109 cm³/mol. The van der Waals surface area contributed by atoms with E-state index in [2.05, 4.69) is 15.5 Å². The van der Waals surface area contributed by atoms with Gasteiger partial charge in [-0.25, -0.2) is 8.42 Å². The molecular formula is C17H20ClN5O4S2. The van der Waals surface area contributed by atoms with Crippen LogP contribution in [0.25, 0.3) is 0 Å². The van der Waals surface area contributed by atoms with Gasteiger partial charge < -0.3 is 14.6 Å². The van der Waals surface area contributed by atoms with E-state index in [0.29, 0.717) is 37.5 Å². The fourth-order valence-corrected chi connectivity index (χ4v) is 5.33. The number of rotatable bonds is 7. The number of carbonyl (C=O) groups is 1. The molecule has 1 aliphatic carbocycles. The molecule has 1 aromatic heterocycles. The van der Waals surface area contributed by atoms with Gasteiger partial charge in [0.05, 0.1) is 34.6 Å². The van der Waals surface area contributed by atoms with E-state index < -0.39 is 10.0 Å². The third-order valence-corrected chi connectivity index (χ3v) is 7.81. The molecule has 2 heterocycles. The summed E-state index contributed by atoms with van der Waals surface area (Å²) in [5.41, 5.74) is 0.260. The molecule has 1 aliphatic heterocycles. The van der Waals surface area contributed by atoms with Crippen molar-refractivity contribution in [3.8, 4) is 0 Å². The molecular weight excluding hydrogens is 438 g/mol. The molecule has 4 rings (SSSR count). The smallest absolute Gasteiger partial charge is 0.243 e. The monoisotopic (exact) mass is 457 g/mol. The molecule has 12 heteroatoms. The van der Waals surface area contributed by atoms with Gasteiger partial charge in [-0.05, 0) is 31.0 Å². The standard InChI is InChI=1S/C17H20ClN5O4S2/c18-14-4-3-13(29(25,26)22-5-7-27-8-6-22)9-15(14)20-16(24)10-28-17-21-19-11-23(17)12-1-2-12/h3-4,9,11-12H,1-2,5-8,10H2,(H,20,24). The zero-order valence-corrected chi connectivity index (χ0v) is 17.8. The summed E-state index contributed by atoms with van der Waals surface area (Å²) >= 11 is 7.46. The molecule has 0 bridgehead atoms. The van der Waals surface area contributed by atoms with Crippen LogP contribution >= 0.6 is 23.4 Å². The van der Waals surface area contributed by atoms with Crippen molar-refractivity contribution in [2.75, 3.05) is 37.4 Å². The van der Waals surface area contributed by atoms with Crippen molar-refractivity contribution in [1.29, 1.82) is 0 Å². The Morgan fingerprint density at radius 2 is 2.07 bits per heavy atom. The van der Waals surface area contributed by atoms with Crippen molar-refractivity contribution in [1.82, 2.24) is 19.1 Å². The van der Waals surface area contributed by atoms with Gasteiger partial charge in [-0.1, -0.05) is 23.4 Å². The molecule has 0 radical (unpaired) electrons. The Kier molecular flexibility index (Phi) is 6.11. The predicted octanol–water partition coefficient (Wildman–Crippen LogP) is 2.02. The van der Waals surface area contributed by atoms with Gasteiger partial charge >= 0.3 is 0 Å². The number of amides is 1. The number of thioether (sulfide) groups is 1. The number of benzene rings is 1. The summed E-state index contributed by atoms with van der Waals surface area (Å²) < 4.78 is 34.2. The fourth-order valence-electron chi connectivity index (χ4n) is 2.95. The quantitative estimate of drug-likeness (QED) is 0.634. The Hall–Kier alpha value is -1.66. The van der Waals surface area contributed by atoms with Crippen LogP contribution in [0.1, 0.15) is 18.9 Å². The van der Waals surface area contributed by atoms with E-state index >= 15 is 0 Å². The molecule has 1 N–H and O–H groups in total. The highest BCUT2D eigenvalue weighted by atomic mass is 35.5. The van der Waals surface area contributed by atoms with E-state index in [1.165, 1.54) is 34.3 Å². The zero-order chi connectivity index (χ0) is 20.4. The molecule has 2 aromatic rings. The second-order valence-electron chi connectivity index (χ2n) is 6.75. The van der Waals surface area contributed by atoms with Crippen LogP contribution in [0.4, 0.5) is 5.69 Å². The topological polar surface area (TPSA) is 106 Å². The lowest BCUT2D eigenvalue weighted by molar-refractivity contribution is -0.113. The third-order valence-electron chi connectivity index (χ3n) is 4.63. The molecule has 1 saturated heterocycles. The van der Waals surface area contributed by atoms with Crippen LogP contribution in [0.3, 0.4) is 0 Å². The van der Waals surface area contributed by atoms with Gasteiger partial charge in [0.15, 0.2) is 5.16 Å². The number of morpholine rings is 1. The first-order valence-corrected chi connectivity index (χ1v) is 11.9. The maximum atomic E-state index is 12.8. The van der Waals surface area contributed by atoms with Crippen LogP contribution in [-0.4, -0.2) is 65.5 Å². The number of sulfonamides is 1. The minimum Gasteiger partial charge on any atom is -0.379 e. The molecule has 1 saturated carbocycles. The lowest BCUT2D eigenvalue weighted by Gasteiger charge is -2.26. The van der Waals surface area contributed by atoms with Gasteiger partial charge in [0, 0.05) is 19.1 Å². The largest absolute Gasteiger partial charge is 0.379 e. The van der Waals surface area contributed by atoms with Gasteiger partial charge in [-0.2, -0.15) is 4.31 Å². The van der Waals surface area contributed by atoms with Crippen LogP contribution in [0.5, 0.6) is 0 Å². The Morgan fingerprint density at radius 3 is 2.79 bits per heavy atom.